The van der Waals surface area contributed by atoms with Crippen molar-refractivity contribution in [2.24, 2.45) is 0 Å². The molecular formula is C21H24N2O3S. The van der Waals surface area contributed by atoms with Crippen LogP contribution in [0, 0.1) is 6.92 Å². The molecule has 0 unspecified atom stereocenters. The van der Waals surface area contributed by atoms with Crippen LogP contribution in [0.5, 0.6) is 0 Å². The molecule has 6 heteroatoms. The minimum atomic E-state index is -3.23. The van der Waals surface area contributed by atoms with Crippen LogP contribution in [-0.4, -0.2) is 36.6 Å². The van der Waals surface area contributed by atoms with Gasteiger partial charge in [-0.2, -0.15) is 5.10 Å². The van der Waals surface area contributed by atoms with E-state index >= 15 is 0 Å². The van der Waals surface area contributed by atoms with Crippen LogP contribution in [-0.2, 0) is 16.3 Å². The van der Waals surface area contributed by atoms with Crippen molar-refractivity contribution in [3.8, 4) is 22.4 Å². The van der Waals surface area contributed by atoms with Crippen LogP contribution in [0.2, 0.25) is 0 Å². The summed E-state index contributed by atoms with van der Waals surface area (Å²) in [6.45, 7) is 2.22. The molecule has 2 aromatic carbocycles. The summed E-state index contributed by atoms with van der Waals surface area (Å²) in [4.78, 5) is 0.293. The number of sulfone groups is 1. The van der Waals surface area contributed by atoms with Gasteiger partial charge in [-0.05, 0) is 43.9 Å². The van der Waals surface area contributed by atoms with Crippen molar-refractivity contribution in [3.05, 3.63) is 59.8 Å². The molecule has 0 spiro atoms. The fraction of sp³-hybridized carbons (Fsp3) is 0.286. The van der Waals surface area contributed by atoms with E-state index in [9.17, 15) is 8.42 Å². The molecule has 0 atom stereocenters. The molecule has 3 rings (SSSR count). The summed E-state index contributed by atoms with van der Waals surface area (Å²) in [6.07, 6.45) is 3.60. The van der Waals surface area contributed by atoms with Gasteiger partial charge >= 0.3 is 0 Å². The van der Waals surface area contributed by atoms with Crippen molar-refractivity contribution in [2.75, 3.05) is 12.9 Å². The molecule has 1 heterocycles. The maximum absolute atomic E-state index is 11.7. The lowest BCUT2D eigenvalue weighted by Gasteiger charge is -2.08. The SMILES string of the molecule is Cc1ccc(-c2c(-c3ccc(S(C)(=O)=O)cc3)n[nH]c2CCCCO)cc1. The highest BCUT2D eigenvalue weighted by atomic mass is 32.2. The number of aryl methyl sites for hydroxylation is 2. The molecule has 0 aliphatic heterocycles. The van der Waals surface area contributed by atoms with E-state index in [0.717, 1.165) is 47.3 Å². The number of hydrogen-bond acceptors (Lipinski definition) is 4. The normalized spacial score (nSPS) is 11.7. The third-order valence-corrected chi connectivity index (χ3v) is 5.70. The van der Waals surface area contributed by atoms with Crippen molar-refractivity contribution in [3.63, 3.8) is 0 Å². The molecule has 2 N–H and O–H groups in total. The van der Waals surface area contributed by atoms with Gasteiger partial charge in [0.05, 0.1) is 4.90 Å². The molecule has 0 saturated carbocycles. The maximum Gasteiger partial charge on any atom is 0.175 e. The first-order chi connectivity index (χ1) is 12.9. The van der Waals surface area contributed by atoms with Gasteiger partial charge in [-0.15, -0.1) is 0 Å². The van der Waals surface area contributed by atoms with Gasteiger partial charge in [-0.1, -0.05) is 42.0 Å². The summed E-state index contributed by atoms with van der Waals surface area (Å²) < 4.78 is 23.4. The van der Waals surface area contributed by atoms with Crippen molar-refractivity contribution < 1.29 is 13.5 Å². The predicted octanol–water partition coefficient (Wildman–Crippen LogP) is 3.77. The number of aliphatic hydroxyl groups is 1. The van der Waals surface area contributed by atoms with Crippen molar-refractivity contribution in [1.29, 1.82) is 0 Å². The Balaban J connectivity index is 2.05. The topological polar surface area (TPSA) is 83.0 Å². The molecule has 0 aliphatic carbocycles. The highest BCUT2D eigenvalue weighted by Crippen LogP contribution is 2.34. The van der Waals surface area contributed by atoms with Crippen LogP contribution in [0.3, 0.4) is 0 Å². The molecule has 0 radical (unpaired) electrons. The zero-order valence-electron chi connectivity index (χ0n) is 15.6. The number of nitrogens with zero attached hydrogens (tertiary/aromatic N) is 1. The summed E-state index contributed by atoms with van der Waals surface area (Å²) in [5.41, 5.74) is 5.97. The third-order valence-electron chi connectivity index (χ3n) is 4.57. The van der Waals surface area contributed by atoms with E-state index in [1.54, 1.807) is 24.3 Å². The Bertz CT molecular complexity index is 1000. The van der Waals surface area contributed by atoms with E-state index in [0.29, 0.717) is 4.90 Å². The smallest absolute Gasteiger partial charge is 0.175 e. The van der Waals surface area contributed by atoms with Crippen LogP contribution in [0.25, 0.3) is 22.4 Å². The van der Waals surface area contributed by atoms with Gasteiger partial charge in [0.25, 0.3) is 0 Å². The van der Waals surface area contributed by atoms with Gasteiger partial charge in [0.1, 0.15) is 5.69 Å². The lowest BCUT2D eigenvalue weighted by atomic mass is 9.96. The van der Waals surface area contributed by atoms with Crippen molar-refractivity contribution in [1.82, 2.24) is 10.2 Å². The molecule has 0 aliphatic rings. The predicted molar refractivity (Wildman–Crippen MR) is 107 cm³/mol. The van der Waals surface area contributed by atoms with Crippen molar-refractivity contribution >= 4 is 9.84 Å². The number of aliphatic hydroxyl groups excluding tert-OH is 1. The van der Waals surface area contributed by atoms with Crippen molar-refractivity contribution in [2.45, 2.75) is 31.1 Å². The lowest BCUT2D eigenvalue weighted by molar-refractivity contribution is 0.284. The van der Waals surface area contributed by atoms with Gasteiger partial charge in [0.2, 0.25) is 0 Å². The lowest BCUT2D eigenvalue weighted by Crippen LogP contribution is -1.96. The average molecular weight is 385 g/mol. The summed E-state index contributed by atoms with van der Waals surface area (Å²) in [7, 11) is -3.23. The van der Waals surface area contributed by atoms with Gasteiger partial charge in [-0.3, -0.25) is 5.10 Å². The first kappa shape index (κ1) is 19.3. The zero-order chi connectivity index (χ0) is 19.4. The minimum absolute atomic E-state index is 0.174. The van der Waals surface area contributed by atoms with E-state index in [4.69, 9.17) is 5.11 Å². The average Bonchev–Trinajstić information content (AvgIpc) is 3.06. The molecule has 1 aromatic heterocycles. The highest BCUT2D eigenvalue weighted by molar-refractivity contribution is 7.90. The van der Waals surface area contributed by atoms with E-state index in [2.05, 4.69) is 34.5 Å². The van der Waals surface area contributed by atoms with Crippen LogP contribution >= 0.6 is 0 Å². The van der Waals surface area contributed by atoms with Gasteiger partial charge in [-0.25, -0.2) is 8.42 Å². The monoisotopic (exact) mass is 384 g/mol. The number of H-pyrrole nitrogens is 1. The minimum Gasteiger partial charge on any atom is -0.396 e. The Kier molecular flexibility index (Phi) is 5.77. The van der Waals surface area contributed by atoms with E-state index in [-0.39, 0.29) is 6.61 Å². The Labute approximate surface area is 160 Å². The second kappa shape index (κ2) is 8.06. The fourth-order valence-corrected chi connectivity index (χ4v) is 3.70. The van der Waals surface area contributed by atoms with Crippen LogP contribution < -0.4 is 0 Å². The number of nitrogens with one attached hydrogen (secondary N) is 1. The molecule has 3 aromatic rings. The second-order valence-corrected chi connectivity index (χ2v) is 8.78. The quantitative estimate of drug-likeness (QED) is 0.608. The summed E-state index contributed by atoms with van der Waals surface area (Å²) in [5.74, 6) is 0. The molecule has 142 valence electrons. The molecule has 0 bridgehead atoms. The highest BCUT2D eigenvalue weighted by Gasteiger charge is 2.17. The molecule has 27 heavy (non-hydrogen) atoms. The molecule has 0 saturated heterocycles. The summed E-state index contributed by atoms with van der Waals surface area (Å²) >= 11 is 0. The largest absolute Gasteiger partial charge is 0.396 e. The Morgan fingerprint density at radius 2 is 1.59 bits per heavy atom. The van der Waals surface area contributed by atoms with E-state index < -0.39 is 9.84 Å². The molecule has 0 fully saturated rings. The molecular weight excluding hydrogens is 360 g/mol. The number of benzene rings is 2. The second-order valence-electron chi connectivity index (χ2n) is 6.77. The third kappa shape index (κ3) is 4.46. The van der Waals surface area contributed by atoms with E-state index in [1.165, 1.54) is 11.8 Å². The van der Waals surface area contributed by atoms with Crippen LogP contribution in [0.4, 0.5) is 0 Å². The Hall–Kier alpha value is -2.44. The van der Waals surface area contributed by atoms with Gasteiger partial charge in [0.15, 0.2) is 9.84 Å². The number of rotatable bonds is 7. The Morgan fingerprint density at radius 3 is 2.19 bits per heavy atom. The van der Waals surface area contributed by atoms with E-state index in [1.807, 2.05) is 6.92 Å². The van der Waals surface area contributed by atoms with Gasteiger partial charge < -0.3 is 5.11 Å². The van der Waals surface area contributed by atoms with Crippen LogP contribution in [0.15, 0.2) is 53.4 Å². The summed E-state index contributed by atoms with van der Waals surface area (Å²) in [5, 5.41) is 16.7. The molecule has 0 amide bonds. The number of hydrogen-bond donors (Lipinski definition) is 2. The standard InChI is InChI=1S/C21H24N2O3S/c1-15-6-8-16(9-7-15)20-19(5-3-4-14-24)22-23-21(20)17-10-12-18(13-11-17)27(2,25)26/h6-13,24H,3-5,14H2,1-2H3,(H,22,23). The Morgan fingerprint density at radius 1 is 0.963 bits per heavy atom. The number of aromatic nitrogens is 2. The van der Waals surface area contributed by atoms with Gasteiger partial charge in [0, 0.05) is 29.7 Å². The number of aromatic amines is 1. The first-order valence-corrected chi connectivity index (χ1v) is 10.8. The number of unbranched alkanes of at least 4 members (excludes halogenated alkanes) is 1. The zero-order valence-corrected chi connectivity index (χ0v) is 16.4. The fourth-order valence-electron chi connectivity index (χ4n) is 3.07. The maximum atomic E-state index is 11.7. The van der Waals surface area contributed by atoms with Crippen LogP contribution in [0.1, 0.15) is 24.1 Å². The summed E-state index contributed by atoms with van der Waals surface area (Å²) in [6, 6.07) is 15.1. The molecule has 5 nitrogen and oxygen atoms in total. The first-order valence-electron chi connectivity index (χ1n) is 8.96.